The molecule has 0 saturated carbocycles. The number of fused-ring (bicyclic) bond motifs is 3. The van der Waals surface area contributed by atoms with Crippen LogP contribution in [0.25, 0.3) is 21.9 Å². The van der Waals surface area contributed by atoms with Gasteiger partial charge in [-0.2, -0.15) is 0 Å². The van der Waals surface area contributed by atoms with Crippen LogP contribution in [-0.4, -0.2) is 33.0 Å². The summed E-state index contributed by atoms with van der Waals surface area (Å²) in [6, 6.07) is 10.7. The molecule has 2 heterocycles. The molecular weight excluding hydrogens is 298 g/mol. The fraction of sp³-hybridized carbons (Fsp3) is 0.450. The van der Waals surface area contributed by atoms with Crippen LogP contribution in [0, 0.1) is 0 Å². The molecule has 0 unspecified atom stereocenters. The minimum atomic E-state index is 0.133. The zero-order valence-corrected chi connectivity index (χ0v) is 15.3. The number of rotatable bonds is 5. The molecule has 0 aliphatic rings. The number of carbonyl (C=O) groups is 1. The first-order valence-corrected chi connectivity index (χ1v) is 8.88. The van der Waals surface area contributed by atoms with Gasteiger partial charge in [-0.05, 0) is 39.3 Å². The van der Waals surface area contributed by atoms with E-state index in [2.05, 4.69) is 67.3 Å². The summed E-state index contributed by atoms with van der Waals surface area (Å²) in [7, 11) is 2.08. The smallest absolute Gasteiger partial charge is 0.270 e. The monoisotopic (exact) mass is 325 g/mol. The van der Waals surface area contributed by atoms with Gasteiger partial charge in [0.05, 0.1) is 16.6 Å². The highest BCUT2D eigenvalue weighted by Crippen LogP contribution is 2.33. The lowest BCUT2D eigenvalue weighted by atomic mass is 10.2. The van der Waals surface area contributed by atoms with E-state index in [1.807, 2.05) is 11.8 Å². The van der Waals surface area contributed by atoms with Crippen molar-refractivity contribution in [1.82, 2.24) is 14.0 Å². The molecule has 0 aliphatic heterocycles. The maximum Gasteiger partial charge on any atom is 0.270 e. The Balaban J connectivity index is 2.28. The van der Waals surface area contributed by atoms with E-state index >= 15 is 0 Å². The zero-order chi connectivity index (χ0) is 17.4. The van der Waals surface area contributed by atoms with Crippen molar-refractivity contribution in [1.29, 1.82) is 0 Å². The molecule has 0 atom stereocenters. The molecule has 128 valence electrons. The number of para-hydroxylation sites is 1. The fourth-order valence-corrected chi connectivity index (χ4v) is 3.67. The van der Waals surface area contributed by atoms with Gasteiger partial charge in [0.1, 0.15) is 5.69 Å². The van der Waals surface area contributed by atoms with Gasteiger partial charge >= 0.3 is 0 Å². The average molecular weight is 325 g/mol. The van der Waals surface area contributed by atoms with E-state index in [0.717, 1.165) is 30.7 Å². The lowest BCUT2D eigenvalue weighted by molar-refractivity contribution is 0.0752. The predicted molar refractivity (Wildman–Crippen MR) is 101 cm³/mol. The highest BCUT2D eigenvalue weighted by Gasteiger charge is 2.24. The van der Waals surface area contributed by atoms with E-state index < -0.39 is 0 Å². The van der Waals surface area contributed by atoms with Gasteiger partial charge in [-0.3, -0.25) is 4.79 Å². The molecule has 2 aromatic heterocycles. The maximum absolute atomic E-state index is 13.1. The molecule has 1 amide bonds. The van der Waals surface area contributed by atoms with Gasteiger partial charge in [-0.25, -0.2) is 0 Å². The van der Waals surface area contributed by atoms with Gasteiger partial charge in [-0.1, -0.05) is 25.1 Å². The highest BCUT2D eigenvalue weighted by atomic mass is 16.2. The lowest BCUT2D eigenvalue weighted by Crippen LogP contribution is -2.33. The molecule has 0 saturated heterocycles. The molecule has 3 aromatic rings. The van der Waals surface area contributed by atoms with E-state index in [0.29, 0.717) is 0 Å². The van der Waals surface area contributed by atoms with E-state index in [9.17, 15) is 4.79 Å². The third-order valence-corrected chi connectivity index (χ3v) is 4.80. The van der Waals surface area contributed by atoms with Gasteiger partial charge in [0.15, 0.2) is 0 Å². The number of hydrogen-bond acceptors (Lipinski definition) is 1. The first-order valence-electron chi connectivity index (χ1n) is 8.88. The summed E-state index contributed by atoms with van der Waals surface area (Å²) in [5.74, 6) is 0.133. The van der Waals surface area contributed by atoms with E-state index in [1.54, 1.807) is 0 Å². The Kier molecular flexibility index (Phi) is 4.39. The van der Waals surface area contributed by atoms with Crippen LogP contribution in [0.15, 0.2) is 30.3 Å². The molecule has 0 aliphatic carbocycles. The Morgan fingerprint density at radius 1 is 1.17 bits per heavy atom. The summed E-state index contributed by atoms with van der Waals surface area (Å²) < 4.78 is 4.40. The van der Waals surface area contributed by atoms with E-state index in [-0.39, 0.29) is 11.9 Å². The number of nitrogens with zero attached hydrogens (tertiary/aromatic N) is 3. The third-order valence-electron chi connectivity index (χ3n) is 4.80. The van der Waals surface area contributed by atoms with Crippen molar-refractivity contribution in [2.24, 2.45) is 7.05 Å². The highest BCUT2D eigenvalue weighted by molar-refractivity contribution is 6.10. The van der Waals surface area contributed by atoms with Gasteiger partial charge in [-0.15, -0.1) is 0 Å². The van der Waals surface area contributed by atoms with Crippen molar-refractivity contribution < 1.29 is 4.79 Å². The SMILES string of the molecule is CCCN(CC)C(=O)c1cc2c(c3ccccc3n2C)n1C(C)C. The maximum atomic E-state index is 13.1. The van der Waals surface area contributed by atoms with Crippen LogP contribution in [0.2, 0.25) is 0 Å². The summed E-state index contributed by atoms with van der Waals surface area (Å²) in [6.45, 7) is 10.00. The summed E-state index contributed by atoms with van der Waals surface area (Å²) in [5.41, 5.74) is 4.29. The Morgan fingerprint density at radius 2 is 1.88 bits per heavy atom. The van der Waals surface area contributed by atoms with Crippen molar-refractivity contribution in [2.75, 3.05) is 13.1 Å². The number of hydrogen-bond donors (Lipinski definition) is 0. The molecule has 3 rings (SSSR count). The summed E-state index contributed by atoms with van der Waals surface area (Å²) in [5, 5.41) is 1.21. The van der Waals surface area contributed by atoms with Crippen molar-refractivity contribution in [3.8, 4) is 0 Å². The number of amides is 1. The fourth-order valence-electron chi connectivity index (χ4n) is 3.67. The molecule has 0 bridgehead atoms. The van der Waals surface area contributed by atoms with Gasteiger partial charge in [0, 0.05) is 31.6 Å². The van der Waals surface area contributed by atoms with Gasteiger partial charge in [0.25, 0.3) is 5.91 Å². The van der Waals surface area contributed by atoms with Crippen molar-refractivity contribution >= 4 is 27.8 Å². The molecule has 1 aromatic carbocycles. The van der Waals surface area contributed by atoms with Crippen molar-refractivity contribution in [2.45, 2.75) is 40.2 Å². The van der Waals surface area contributed by atoms with Crippen LogP contribution in [0.3, 0.4) is 0 Å². The molecule has 4 nitrogen and oxygen atoms in total. The molecule has 24 heavy (non-hydrogen) atoms. The van der Waals surface area contributed by atoms with Crippen LogP contribution in [0.4, 0.5) is 0 Å². The molecule has 0 radical (unpaired) electrons. The average Bonchev–Trinajstić information content (AvgIpc) is 3.09. The second kappa shape index (κ2) is 6.34. The second-order valence-electron chi connectivity index (χ2n) is 6.69. The van der Waals surface area contributed by atoms with E-state index in [1.165, 1.54) is 16.4 Å². The van der Waals surface area contributed by atoms with Crippen LogP contribution in [-0.2, 0) is 7.05 Å². The quantitative estimate of drug-likeness (QED) is 0.675. The van der Waals surface area contributed by atoms with Crippen LogP contribution < -0.4 is 0 Å². The number of benzene rings is 1. The molecule has 4 heteroatoms. The van der Waals surface area contributed by atoms with Crippen LogP contribution >= 0.6 is 0 Å². The largest absolute Gasteiger partial charge is 0.342 e. The Labute approximate surface area is 143 Å². The lowest BCUT2D eigenvalue weighted by Gasteiger charge is -2.22. The minimum Gasteiger partial charge on any atom is -0.342 e. The number of aryl methyl sites for hydroxylation is 1. The molecule has 0 fully saturated rings. The van der Waals surface area contributed by atoms with Gasteiger partial charge < -0.3 is 14.0 Å². The Bertz CT molecular complexity index is 885. The first kappa shape index (κ1) is 16.6. The zero-order valence-electron chi connectivity index (χ0n) is 15.3. The molecular formula is C20H27N3O. The summed E-state index contributed by atoms with van der Waals surface area (Å²) in [4.78, 5) is 15.0. The molecule has 0 N–H and O–H groups in total. The predicted octanol–water partition coefficient (Wildman–Crippen LogP) is 4.59. The molecule has 0 spiro atoms. The first-order chi connectivity index (χ1) is 11.5. The number of aromatic nitrogens is 2. The third kappa shape index (κ3) is 2.41. The second-order valence-corrected chi connectivity index (χ2v) is 6.69. The number of carbonyl (C=O) groups excluding carboxylic acids is 1. The minimum absolute atomic E-state index is 0.133. The summed E-state index contributed by atoms with van der Waals surface area (Å²) in [6.07, 6.45) is 0.977. The topological polar surface area (TPSA) is 30.2 Å². The van der Waals surface area contributed by atoms with Crippen LogP contribution in [0.1, 0.15) is 50.6 Å². The Hall–Kier alpha value is -2.23. The summed E-state index contributed by atoms with van der Waals surface area (Å²) >= 11 is 0. The standard InChI is InChI=1S/C20H27N3O/c1-6-12-22(7-2)20(24)18-13-17-19(23(18)14(3)4)15-10-8-9-11-16(15)21(17)5/h8-11,13-14H,6-7,12H2,1-5H3. The van der Waals surface area contributed by atoms with Gasteiger partial charge in [0.2, 0.25) is 0 Å². The Morgan fingerprint density at radius 3 is 2.50 bits per heavy atom. The van der Waals surface area contributed by atoms with Crippen LogP contribution in [0.5, 0.6) is 0 Å². The normalized spacial score (nSPS) is 11.8. The van der Waals surface area contributed by atoms with E-state index in [4.69, 9.17) is 0 Å². The van der Waals surface area contributed by atoms with Crippen molar-refractivity contribution in [3.63, 3.8) is 0 Å². The van der Waals surface area contributed by atoms with Crippen molar-refractivity contribution in [3.05, 3.63) is 36.0 Å².